The van der Waals surface area contributed by atoms with Gasteiger partial charge in [0, 0.05) is 13.1 Å². The number of carbonyl (C=O) groups is 1. The van der Waals surface area contributed by atoms with E-state index in [2.05, 4.69) is 13.0 Å². The molecule has 4 nitrogen and oxygen atoms in total. The van der Waals surface area contributed by atoms with Gasteiger partial charge in [-0.1, -0.05) is 6.92 Å². The van der Waals surface area contributed by atoms with Crippen LogP contribution in [0.2, 0.25) is 0 Å². The molecule has 0 aromatic carbocycles. The fraction of sp³-hybridized carbons (Fsp3) is 0.846. The molecular formula is C13H22N2O2. The molecule has 1 fully saturated rings. The van der Waals surface area contributed by atoms with Crippen LogP contribution in [0.25, 0.3) is 0 Å². The van der Waals surface area contributed by atoms with Crippen LogP contribution in [0.5, 0.6) is 0 Å². The molecule has 1 saturated heterocycles. The number of ether oxygens (including phenoxy) is 1. The zero-order chi connectivity index (χ0) is 13.1. The van der Waals surface area contributed by atoms with E-state index in [0.29, 0.717) is 19.0 Å². The van der Waals surface area contributed by atoms with Crippen molar-refractivity contribution in [2.75, 3.05) is 13.1 Å². The minimum Gasteiger partial charge on any atom is -0.444 e. The van der Waals surface area contributed by atoms with E-state index >= 15 is 0 Å². The van der Waals surface area contributed by atoms with Crippen LogP contribution in [-0.4, -0.2) is 29.7 Å². The predicted octanol–water partition coefficient (Wildman–Crippen LogP) is 2.79. The molecule has 2 unspecified atom stereocenters. The second-order valence-electron chi connectivity index (χ2n) is 5.88. The van der Waals surface area contributed by atoms with Gasteiger partial charge in [0.15, 0.2) is 0 Å². The summed E-state index contributed by atoms with van der Waals surface area (Å²) in [5, 5.41) is 9.04. The second-order valence-corrected chi connectivity index (χ2v) is 5.88. The Morgan fingerprint density at radius 1 is 1.47 bits per heavy atom. The number of hydrogen-bond acceptors (Lipinski definition) is 3. The molecule has 0 aromatic heterocycles. The fourth-order valence-corrected chi connectivity index (χ4v) is 2.00. The summed E-state index contributed by atoms with van der Waals surface area (Å²) >= 11 is 0. The molecular weight excluding hydrogens is 216 g/mol. The van der Waals surface area contributed by atoms with Gasteiger partial charge in [0.05, 0.1) is 12.0 Å². The number of rotatable bonds is 0. The third-order valence-corrected chi connectivity index (χ3v) is 2.85. The zero-order valence-electron chi connectivity index (χ0n) is 11.2. The van der Waals surface area contributed by atoms with Crippen molar-refractivity contribution in [1.82, 2.24) is 4.90 Å². The van der Waals surface area contributed by atoms with Crippen molar-refractivity contribution >= 4 is 6.09 Å². The molecule has 0 aromatic rings. The molecule has 2 atom stereocenters. The highest BCUT2D eigenvalue weighted by molar-refractivity contribution is 5.68. The molecule has 17 heavy (non-hydrogen) atoms. The topological polar surface area (TPSA) is 53.3 Å². The molecule has 1 rings (SSSR count). The average Bonchev–Trinajstić information content (AvgIpc) is 2.37. The zero-order valence-corrected chi connectivity index (χ0v) is 11.2. The normalized spacial score (nSPS) is 25.9. The fourth-order valence-electron chi connectivity index (χ4n) is 2.00. The van der Waals surface area contributed by atoms with Crippen molar-refractivity contribution in [3.05, 3.63) is 0 Å². The highest BCUT2D eigenvalue weighted by atomic mass is 16.6. The number of likely N-dealkylation sites (tertiary alicyclic amines) is 1. The first-order valence-electron chi connectivity index (χ1n) is 6.19. The summed E-state index contributed by atoms with van der Waals surface area (Å²) in [6.07, 6.45) is 1.51. The molecule has 1 aliphatic rings. The van der Waals surface area contributed by atoms with Crippen LogP contribution in [0.4, 0.5) is 4.79 Å². The summed E-state index contributed by atoms with van der Waals surface area (Å²) in [4.78, 5) is 13.6. The van der Waals surface area contributed by atoms with Crippen LogP contribution in [0.3, 0.4) is 0 Å². The Morgan fingerprint density at radius 2 is 2.12 bits per heavy atom. The lowest BCUT2D eigenvalue weighted by atomic mass is 9.96. The van der Waals surface area contributed by atoms with Crippen LogP contribution in [0.15, 0.2) is 0 Å². The smallest absolute Gasteiger partial charge is 0.410 e. The second kappa shape index (κ2) is 5.39. The number of amides is 1. The average molecular weight is 238 g/mol. The Labute approximate surface area is 104 Å². The third-order valence-electron chi connectivity index (χ3n) is 2.85. The molecule has 96 valence electrons. The number of nitrogens with zero attached hydrogens (tertiary/aromatic N) is 2. The van der Waals surface area contributed by atoms with E-state index in [4.69, 9.17) is 10.00 Å². The van der Waals surface area contributed by atoms with Crippen molar-refractivity contribution in [2.24, 2.45) is 11.8 Å². The van der Waals surface area contributed by atoms with Crippen molar-refractivity contribution in [1.29, 1.82) is 5.26 Å². The maximum Gasteiger partial charge on any atom is 0.410 e. The van der Waals surface area contributed by atoms with Gasteiger partial charge in [-0.2, -0.15) is 5.26 Å². The van der Waals surface area contributed by atoms with E-state index in [1.165, 1.54) is 0 Å². The minimum atomic E-state index is -0.475. The third kappa shape index (κ3) is 4.64. The van der Waals surface area contributed by atoms with Crippen LogP contribution in [-0.2, 0) is 4.74 Å². The van der Waals surface area contributed by atoms with Crippen molar-refractivity contribution in [3.8, 4) is 6.07 Å². The van der Waals surface area contributed by atoms with Gasteiger partial charge in [0.2, 0.25) is 0 Å². The Bertz CT molecular complexity index is 314. The van der Waals surface area contributed by atoms with E-state index in [1.807, 2.05) is 20.8 Å². The van der Waals surface area contributed by atoms with Gasteiger partial charge < -0.3 is 9.64 Å². The SMILES string of the molecule is CC1CCN(C(=O)OC(C)(C)C)CC(C#N)C1. The molecule has 0 saturated carbocycles. The van der Waals surface area contributed by atoms with E-state index in [9.17, 15) is 4.79 Å². The molecule has 0 spiro atoms. The molecule has 4 heteroatoms. The van der Waals surface area contributed by atoms with Gasteiger partial charge in [0.25, 0.3) is 0 Å². The largest absolute Gasteiger partial charge is 0.444 e. The van der Waals surface area contributed by atoms with Gasteiger partial charge in [-0.25, -0.2) is 4.79 Å². The lowest BCUT2D eigenvalue weighted by molar-refractivity contribution is 0.0244. The monoisotopic (exact) mass is 238 g/mol. The van der Waals surface area contributed by atoms with Crippen LogP contribution >= 0.6 is 0 Å². The van der Waals surface area contributed by atoms with Gasteiger partial charge in [-0.3, -0.25) is 0 Å². The van der Waals surface area contributed by atoms with Crippen LogP contribution in [0.1, 0.15) is 40.5 Å². The number of hydrogen-bond donors (Lipinski definition) is 0. The lowest BCUT2D eigenvalue weighted by Crippen LogP contribution is -2.38. The lowest BCUT2D eigenvalue weighted by Gasteiger charge is -2.27. The summed E-state index contributed by atoms with van der Waals surface area (Å²) < 4.78 is 5.34. The molecule has 0 aliphatic carbocycles. The molecule has 1 aliphatic heterocycles. The predicted molar refractivity (Wildman–Crippen MR) is 65.3 cm³/mol. The summed E-state index contributed by atoms with van der Waals surface area (Å²) in [7, 11) is 0. The van der Waals surface area contributed by atoms with Crippen LogP contribution in [0, 0.1) is 23.2 Å². The molecule has 1 heterocycles. The van der Waals surface area contributed by atoms with E-state index in [1.54, 1.807) is 4.90 Å². The highest BCUT2D eigenvalue weighted by Crippen LogP contribution is 2.22. The van der Waals surface area contributed by atoms with E-state index in [0.717, 1.165) is 12.8 Å². The van der Waals surface area contributed by atoms with Gasteiger partial charge in [-0.05, 0) is 39.5 Å². The maximum atomic E-state index is 11.9. The maximum absolute atomic E-state index is 11.9. The van der Waals surface area contributed by atoms with Gasteiger partial charge in [-0.15, -0.1) is 0 Å². The van der Waals surface area contributed by atoms with Crippen molar-refractivity contribution < 1.29 is 9.53 Å². The summed E-state index contributed by atoms with van der Waals surface area (Å²) in [5.74, 6) is 0.423. The highest BCUT2D eigenvalue weighted by Gasteiger charge is 2.28. The van der Waals surface area contributed by atoms with Crippen molar-refractivity contribution in [3.63, 3.8) is 0 Å². The van der Waals surface area contributed by atoms with Gasteiger partial charge in [0.1, 0.15) is 5.60 Å². The first-order valence-corrected chi connectivity index (χ1v) is 6.19. The van der Waals surface area contributed by atoms with Crippen molar-refractivity contribution in [2.45, 2.75) is 46.1 Å². The molecule has 0 bridgehead atoms. The van der Waals surface area contributed by atoms with Crippen LogP contribution < -0.4 is 0 Å². The Kier molecular flexibility index (Phi) is 4.39. The van der Waals surface area contributed by atoms with E-state index < -0.39 is 5.60 Å². The summed E-state index contributed by atoms with van der Waals surface area (Å²) in [6.45, 7) is 8.88. The summed E-state index contributed by atoms with van der Waals surface area (Å²) in [6, 6.07) is 2.27. The molecule has 0 radical (unpaired) electrons. The van der Waals surface area contributed by atoms with Gasteiger partial charge >= 0.3 is 6.09 Å². The quantitative estimate of drug-likeness (QED) is 0.652. The Hall–Kier alpha value is -1.24. The molecule has 0 N–H and O–H groups in total. The van der Waals surface area contributed by atoms with E-state index in [-0.39, 0.29) is 12.0 Å². The summed E-state index contributed by atoms with van der Waals surface area (Å²) in [5.41, 5.74) is -0.475. The number of carbonyl (C=O) groups excluding carboxylic acids is 1. The first kappa shape index (κ1) is 13.8. The Balaban J connectivity index is 2.64. The number of nitriles is 1. The standard InChI is InChI=1S/C13H22N2O2/c1-10-5-6-15(9-11(7-10)8-14)12(16)17-13(2,3)4/h10-11H,5-7,9H2,1-4H3. The molecule has 1 amide bonds. The first-order chi connectivity index (χ1) is 7.81. The Morgan fingerprint density at radius 3 is 2.65 bits per heavy atom. The minimum absolute atomic E-state index is 0.0694.